The van der Waals surface area contributed by atoms with E-state index in [1.54, 1.807) is 22.7 Å². The summed E-state index contributed by atoms with van der Waals surface area (Å²) in [5, 5.41) is 4.09. The monoisotopic (exact) mass is 738 g/mol. The molecule has 0 N–H and O–H groups in total. The molecule has 0 radical (unpaired) electrons. The molecule has 4 nitrogen and oxygen atoms in total. The average molecular weight is 738 g/mol. The van der Waals surface area contributed by atoms with Crippen LogP contribution in [0.25, 0.3) is 0 Å². The van der Waals surface area contributed by atoms with E-state index in [1.165, 1.54) is 11.1 Å². The molecular weight excluding hydrogens is 714 g/mol. The number of para-hydroxylation sites is 2. The highest BCUT2D eigenvalue weighted by molar-refractivity contribution is 14.1. The fraction of sp³-hybridized carbons (Fsp3) is 0.214. The molecule has 0 fully saturated rings. The Morgan fingerprint density at radius 2 is 1.39 bits per heavy atom. The second kappa shape index (κ2) is 10.9. The summed E-state index contributed by atoms with van der Waals surface area (Å²) in [5.74, 6) is 2.40. The van der Waals surface area contributed by atoms with Gasteiger partial charge in [0.15, 0.2) is 0 Å². The van der Waals surface area contributed by atoms with E-state index in [-0.39, 0.29) is 11.1 Å². The second-order valence-electron chi connectivity index (χ2n) is 8.78. The van der Waals surface area contributed by atoms with Gasteiger partial charge in [-0.05, 0) is 48.9 Å². The first-order valence-corrected chi connectivity index (χ1v) is 16.2. The molecule has 4 aromatic rings. The van der Waals surface area contributed by atoms with E-state index in [0.29, 0.717) is 0 Å². The van der Waals surface area contributed by atoms with E-state index in [0.717, 1.165) is 41.8 Å². The van der Waals surface area contributed by atoms with E-state index in [4.69, 9.17) is 14.5 Å². The Labute approximate surface area is 246 Å². The maximum Gasteiger partial charge on any atom is 0.233 e. The Kier molecular flexibility index (Phi) is 7.85. The van der Waals surface area contributed by atoms with Gasteiger partial charge in [-0.2, -0.15) is 0 Å². The van der Waals surface area contributed by atoms with Crippen LogP contribution in [0.5, 0.6) is 5.75 Å². The minimum absolute atomic E-state index is 0.200. The minimum Gasteiger partial charge on any atom is -0.465 e. The molecule has 0 aliphatic carbocycles. The first-order valence-electron chi connectivity index (χ1n) is 11.4. The number of thiophene rings is 2. The van der Waals surface area contributed by atoms with Crippen LogP contribution in [0.2, 0.25) is 0 Å². The Balaban J connectivity index is 0.000000148. The number of nitrogens with zero attached hydrogens (tertiary/aromatic N) is 2. The average Bonchev–Trinajstić information content (AvgIpc) is 3.64. The summed E-state index contributed by atoms with van der Waals surface area (Å²) in [7, 11) is 0. The molecule has 8 heteroatoms. The summed E-state index contributed by atoms with van der Waals surface area (Å²) in [6, 6.07) is 24.5. The third-order valence-corrected chi connectivity index (χ3v) is 10.7. The zero-order valence-corrected chi connectivity index (χ0v) is 25.7. The summed E-state index contributed by atoms with van der Waals surface area (Å²) >= 11 is 8.07. The van der Waals surface area contributed by atoms with Crippen LogP contribution in [0.1, 0.15) is 34.7 Å². The molecule has 4 heterocycles. The molecule has 0 saturated heterocycles. The number of hydrogen-bond donors (Lipinski definition) is 0. The molecule has 0 spiro atoms. The number of ether oxygens (including phenoxy) is 2. The van der Waals surface area contributed by atoms with Crippen LogP contribution in [0.3, 0.4) is 0 Å². The Morgan fingerprint density at radius 1 is 0.750 bits per heavy atom. The van der Waals surface area contributed by atoms with E-state index in [1.807, 2.05) is 65.4 Å². The van der Waals surface area contributed by atoms with Crippen LogP contribution < -0.4 is 4.74 Å². The molecule has 2 aromatic carbocycles. The van der Waals surface area contributed by atoms with Crippen LogP contribution in [-0.4, -0.2) is 20.7 Å². The molecule has 0 saturated carbocycles. The molecule has 184 valence electrons. The summed E-state index contributed by atoms with van der Waals surface area (Å²) in [6.07, 6.45) is 0. The van der Waals surface area contributed by atoms with Gasteiger partial charge in [0.1, 0.15) is 11.4 Å². The molecule has 6 rings (SSSR count). The lowest BCUT2D eigenvalue weighted by Crippen LogP contribution is -2.33. The topological polar surface area (TPSA) is 43.2 Å². The molecule has 2 unspecified atom stereocenters. The highest BCUT2D eigenvalue weighted by atomic mass is 127. The van der Waals surface area contributed by atoms with Crippen molar-refractivity contribution in [1.29, 1.82) is 0 Å². The van der Waals surface area contributed by atoms with Gasteiger partial charge in [-0.1, -0.05) is 93.7 Å². The number of alkyl halides is 2. The Morgan fingerprint density at radius 3 is 2.03 bits per heavy atom. The lowest BCUT2D eigenvalue weighted by Gasteiger charge is -2.33. The van der Waals surface area contributed by atoms with Gasteiger partial charge in [0, 0.05) is 20.0 Å². The van der Waals surface area contributed by atoms with Crippen molar-refractivity contribution in [3.05, 3.63) is 104 Å². The van der Waals surface area contributed by atoms with Crippen LogP contribution in [-0.2, 0) is 15.9 Å². The van der Waals surface area contributed by atoms with E-state index in [9.17, 15) is 0 Å². The van der Waals surface area contributed by atoms with Crippen molar-refractivity contribution in [2.45, 2.75) is 25.0 Å². The minimum atomic E-state index is -0.293. The highest BCUT2D eigenvalue weighted by Gasteiger charge is 2.36. The van der Waals surface area contributed by atoms with Crippen molar-refractivity contribution in [2.24, 2.45) is 9.98 Å². The van der Waals surface area contributed by atoms with E-state index in [2.05, 4.69) is 82.2 Å². The summed E-state index contributed by atoms with van der Waals surface area (Å²) < 4.78 is 13.9. The molecule has 36 heavy (non-hydrogen) atoms. The zero-order valence-electron chi connectivity index (χ0n) is 19.8. The fourth-order valence-corrected chi connectivity index (χ4v) is 6.49. The highest BCUT2D eigenvalue weighted by Crippen LogP contribution is 2.41. The fourth-order valence-electron chi connectivity index (χ4n) is 4.04. The Hall–Kier alpha value is -1.76. The predicted molar refractivity (Wildman–Crippen MR) is 168 cm³/mol. The lowest BCUT2D eigenvalue weighted by atomic mass is 9.93. The van der Waals surface area contributed by atoms with Gasteiger partial charge in [-0.25, -0.2) is 9.98 Å². The molecule has 2 atom stereocenters. The number of hydrogen-bond acceptors (Lipinski definition) is 6. The SMILES string of the molecule is CC1(CI)N=C(c2cccs2)Oc2ccccc21.CC1(CI)OC(c2cccs2)=Nc2ccccc21. The number of fused-ring (bicyclic) bond motifs is 2. The van der Waals surface area contributed by atoms with Gasteiger partial charge >= 0.3 is 0 Å². The van der Waals surface area contributed by atoms with Crippen LogP contribution in [0.15, 0.2) is 93.5 Å². The summed E-state index contributed by atoms with van der Waals surface area (Å²) in [5.41, 5.74) is 2.86. The summed E-state index contributed by atoms with van der Waals surface area (Å²) in [6.45, 7) is 4.29. The molecule has 0 bridgehead atoms. The smallest absolute Gasteiger partial charge is 0.233 e. The van der Waals surface area contributed by atoms with Crippen molar-refractivity contribution in [1.82, 2.24) is 0 Å². The quantitative estimate of drug-likeness (QED) is 0.155. The van der Waals surface area contributed by atoms with Gasteiger partial charge < -0.3 is 9.47 Å². The van der Waals surface area contributed by atoms with Crippen molar-refractivity contribution < 1.29 is 9.47 Å². The van der Waals surface area contributed by atoms with Gasteiger partial charge in [0.2, 0.25) is 11.8 Å². The van der Waals surface area contributed by atoms with Crippen molar-refractivity contribution in [3.8, 4) is 5.75 Å². The van der Waals surface area contributed by atoms with E-state index < -0.39 is 0 Å². The second-order valence-corrected chi connectivity index (χ2v) is 12.2. The standard InChI is InChI=1S/2C14H12INOS/c1-14(9-15)10-5-2-3-6-11(10)17-13(16-14)12-7-4-8-18-12;1-14(9-15)10-5-2-3-6-11(10)16-13(17-14)12-7-4-8-18-12/h2*2-8H,9H2,1H3. The van der Waals surface area contributed by atoms with Crippen molar-refractivity contribution >= 4 is 85.3 Å². The molecule has 2 aromatic heterocycles. The van der Waals surface area contributed by atoms with Crippen LogP contribution in [0.4, 0.5) is 5.69 Å². The first-order chi connectivity index (χ1) is 17.5. The maximum atomic E-state index is 6.15. The lowest BCUT2D eigenvalue weighted by molar-refractivity contribution is 0.100. The van der Waals surface area contributed by atoms with Crippen molar-refractivity contribution in [3.63, 3.8) is 0 Å². The molecular formula is C28H24I2N2O2S2. The summed E-state index contributed by atoms with van der Waals surface area (Å²) in [4.78, 5) is 11.6. The number of aliphatic imine (C=N–C) groups is 2. The molecule has 2 aliphatic rings. The third kappa shape index (κ3) is 5.14. The van der Waals surface area contributed by atoms with Gasteiger partial charge in [0.25, 0.3) is 0 Å². The largest absolute Gasteiger partial charge is 0.465 e. The first kappa shape index (κ1) is 25.9. The Bertz CT molecular complexity index is 1400. The number of benzene rings is 2. The maximum absolute atomic E-state index is 6.15. The van der Waals surface area contributed by atoms with Crippen molar-refractivity contribution in [2.75, 3.05) is 8.86 Å². The van der Waals surface area contributed by atoms with Gasteiger partial charge in [0.05, 0.1) is 21.0 Å². The van der Waals surface area contributed by atoms with Crippen LogP contribution >= 0.6 is 67.9 Å². The van der Waals surface area contributed by atoms with Gasteiger partial charge in [-0.15, -0.1) is 22.7 Å². The predicted octanol–water partition coefficient (Wildman–Crippen LogP) is 8.74. The number of rotatable bonds is 4. The molecule has 0 amide bonds. The zero-order chi connectivity index (χ0) is 25.2. The normalized spacial score (nSPS) is 22.0. The molecule has 2 aliphatic heterocycles. The van der Waals surface area contributed by atoms with Crippen LogP contribution in [0, 0.1) is 0 Å². The third-order valence-electron chi connectivity index (χ3n) is 6.02. The van der Waals surface area contributed by atoms with E-state index >= 15 is 0 Å². The number of halogens is 2. The van der Waals surface area contributed by atoms with Gasteiger partial charge in [-0.3, -0.25) is 0 Å².